The summed E-state index contributed by atoms with van der Waals surface area (Å²) in [5, 5.41) is 11.7. The lowest BCUT2D eigenvalue weighted by Crippen LogP contribution is -2.47. The zero-order valence-corrected chi connectivity index (χ0v) is 9.18. The highest BCUT2D eigenvalue weighted by Crippen LogP contribution is 2.04. The average Bonchev–Trinajstić information content (AvgIpc) is 2.33. The van der Waals surface area contributed by atoms with Gasteiger partial charge in [0.2, 0.25) is 0 Å². The highest BCUT2D eigenvalue weighted by molar-refractivity contribution is 5.91. The van der Waals surface area contributed by atoms with E-state index in [9.17, 15) is 10.0 Å². The number of carbonyl (C=O) groups is 1. The number of rotatable bonds is 1. The van der Waals surface area contributed by atoms with Crippen LogP contribution in [0.15, 0.2) is 18.2 Å². The molecule has 1 fully saturated rings. The van der Waals surface area contributed by atoms with Crippen LogP contribution in [0.5, 0.6) is 0 Å². The zero-order valence-electron chi connectivity index (χ0n) is 9.18. The Labute approximate surface area is 93.8 Å². The number of hydrogen-bond acceptors (Lipinski definition) is 3. The molecule has 0 unspecified atom stereocenters. The van der Waals surface area contributed by atoms with Crippen LogP contribution in [0.25, 0.3) is 0 Å². The predicted octanol–water partition coefficient (Wildman–Crippen LogP) is 0.101. The summed E-state index contributed by atoms with van der Waals surface area (Å²) in [6, 6.07) is 4.96. The molecule has 0 aromatic carbocycles. The van der Waals surface area contributed by atoms with Crippen LogP contribution in [0, 0.1) is 12.1 Å². The first kappa shape index (κ1) is 10.9. The van der Waals surface area contributed by atoms with Gasteiger partial charge in [-0.25, -0.2) is 0 Å². The van der Waals surface area contributed by atoms with Gasteiger partial charge in [0.05, 0.1) is 13.2 Å². The Bertz CT molecular complexity index is 400. The number of carbonyl (C=O) groups excluding carboxylic acids is 1. The van der Waals surface area contributed by atoms with Gasteiger partial charge in [0.15, 0.2) is 5.69 Å². The van der Waals surface area contributed by atoms with Gasteiger partial charge >= 0.3 is 5.91 Å². The highest BCUT2D eigenvalue weighted by Gasteiger charge is 2.25. The Balaban J connectivity index is 2.22. The fourth-order valence-corrected chi connectivity index (χ4v) is 1.69. The molecule has 0 spiro atoms. The molecule has 86 valence electrons. The van der Waals surface area contributed by atoms with Crippen LogP contribution >= 0.6 is 0 Å². The third kappa shape index (κ3) is 1.99. The Hall–Kier alpha value is -1.62. The van der Waals surface area contributed by atoms with E-state index >= 15 is 0 Å². The van der Waals surface area contributed by atoms with Crippen molar-refractivity contribution in [2.45, 2.75) is 6.92 Å². The van der Waals surface area contributed by atoms with E-state index < -0.39 is 0 Å². The number of amides is 1. The van der Waals surface area contributed by atoms with E-state index in [0.29, 0.717) is 36.7 Å². The SMILES string of the molecule is Cc1cccc(C(=O)N2CCOCC2)[n+]1[O-]. The lowest BCUT2D eigenvalue weighted by atomic mass is 10.2. The minimum absolute atomic E-state index is 0.182. The van der Waals surface area contributed by atoms with E-state index in [4.69, 9.17) is 4.74 Å². The van der Waals surface area contributed by atoms with Gasteiger partial charge in [-0.3, -0.25) is 4.79 Å². The van der Waals surface area contributed by atoms with Crippen molar-refractivity contribution in [2.75, 3.05) is 26.3 Å². The molecule has 1 aliphatic heterocycles. The number of hydrogen-bond donors (Lipinski definition) is 0. The van der Waals surface area contributed by atoms with Crippen molar-refractivity contribution < 1.29 is 14.3 Å². The van der Waals surface area contributed by atoms with Gasteiger partial charge < -0.3 is 14.8 Å². The van der Waals surface area contributed by atoms with Crippen LogP contribution in [0.2, 0.25) is 0 Å². The molecular weight excluding hydrogens is 208 g/mol. The minimum Gasteiger partial charge on any atom is -0.618 e. The second-order valence-corrected chi connectivity index (χ2v) is 3.75. The Morgan fingerprint density at radius 3 is 2.81 bits per heavy atom. The molecular formula is C11H14N2O3. The number of nitrogens with zero attached hydrogens (tertiary/aromatic N) is 2. The van der Waals surface area contributed by atoms with Crippen LogP contribution in [0.1, 0.15) is 16.2 Å². The van der Waals surface area contributed by atoms with Gasteiger partial charge in [0.25, 0.3) is 5.69 Å². The molecule has 0 aliphatic carbocycles. The number of ether oxygens (including phenoxy) is 1. The molecule has 0 atom stereocenters. The average molecular weight is 222 g/mol. The van der Waals surface area contributed by atoms with Gasteiger partial charge in [-0.15, -0.1) is 0 Å². The van der Waals surface area contributed by atoms with Crippen molar-refractivity contribution in [3.8, 4) is 0 Å². The quantitative estimate of drug-likeness (QED) is 0.500. The van der Waals surface area contributed by atoms with E-state index in [0.717, 1.165) is 0 Å². The molecule has 1 aromatic rings. The molecule has 16 heavy (non-hydrogen) atoms. The number of aryl methyl sites for hydroxylation is 1. The molecule has 1 amide bonds. The van der Waals surface area contributed by atoms with Gasteiger partial charge in [0.1, 0.15) is 0 Å². The van der Waals surface area contributed by atoms with Crippen LogP contribution < -0.4 is 4.73 Å². The Kier molecular flexibility index (Phi) is 3.05. The normalized spacial score (nSPS) is 16.2. The molecule has 1 aliphatic rings. The molecule has 0 radical (unpaired) electrons. The lowest BCUT2D eigenvalue weighted by molar-refractivity contribution is -0.614. The fourth-order valence-electron chi connectivity index (χ4n) is 1.69. The first-order chi connectivity index (χ1) is 7.70. The maximum atomic E-state index is 12.0. The summed E-state index contributed by atoms with van der Waals surface area (Å²) in [7, 11) is 0. The summed E-state index contributed by atoms with van der Waals surface area (Å²) in [6.07, 6.45) is 0. The summed E-state index contributed by atoms with van der Waals surface area (Å²) in [5.41, 5.74) is 0.709. The maximum Gasteiger partial charge on any atom is 0.320 e. The summed E-state index contributed by atoms with van der Waals surface area (Å²) in [4.78, 5) is 13.7. The fraction of sp³-hybridized carbons (Fsp3) is 0.455. The minimum atomic E-state index is -0.220. The first-order valence-electron chi connectivity index (χ1n) is 5.26. The van der Waals surface area contributed by atoms with Gasteiger partial charge in [-0.05, 0) is 6.07 Å². The molecule has 2 heterocycles. The van der Waals surface area contributed by atoms with E-state index in [1.807, 2.05) is 0 Å². The second-order valence-electron chi connectivity index (χ2n) is 3.75. The molecule has 5 nitrogen and oxygen atoms in total. The van der Waals surface area contributed by atoms with Crippen molar-refractivity contribution in [3.05, 3.63) is 34.8 Å². The molecule has 2 rings (SSSR count). The Morgan fingerprint density at radius 2 is 2.12 bits per heavy atom. The van der Waals surface area contributed by atoms with E-state index in [-0.39, 0.29) is 11.6 Å². The summed E-state index contributed by atoms with van der Waals surface area (Å²) in [5.74, 6) is -0.220. The second kappa shape index (κ2) is 4.49. The van der Waals surface area contributed by atoms with Crippen molar-refractivity contribution in [2.24, 2.45) is 0 Å². The lowest BCUT2D eigenvalue weighted by Gasteiger charge is -2.25. The standard InChI is InChI=1S/C11H14N2O3/c1-9-3-2-4-10(13(9)15)11(14)12-5-7-16-8-6-12/h2-4H,5-8H2,1H3. The molecule has 0 saturated carbocycles. The van der Waals surface area contributed by atoms with Gasteiger partial charge in [-0.1, -0.05) is 0 Å². The largest absolute Gasteiger partial charge is 0.618 e. The number of aromatic nitrogens is 1. The van der Waals surface area contributed by atoms with Crippen LogP contribution in [0.3, 0.4) is 0 Å². The number of morpholine rings is 1. The molecule has 0 bridgehead atoms. The topological polar surface area (TPSA) is 56.5 Å². The van der Waals surface area contributed by atoms with E-state index in [1.165, 1.54) is 0 Å². The smallest absolute Gasteiger partial charge is 0.320 e. The molecule has 0 N–H and O–H groups in total. The van der Waals surface area contributed by atoms with Gasteiger partial charge in [0, 0.05) is 32.1 Å². The number of pyridine rings is 1. The summed E-state index contributed by atoms with van der Waals surface area (Å²) in [6.45, 7) is 3.86. The van der Waals surface area contributed by atoms with Crippen LogP contribution in [-0.2, 0) is 4.74 Å². The third-order valence-electron chi connectivity index (χ3n) is 2.65. The van der Waals surface area contributed by atoms with E-state index in [2.05, 4.69) is 0 Å². The maximum absolute atomic E-state index is 12.0. The molecule has 5 heteroatoms. The zero-order chi connectivity index (χ0) is 11.5. The monoisotopic (exact) mass is 222 g/mol. The van der Waals surface area contributed by atoms with Crippen molar-refractivity contribution in [1.29, 1.82) is 0 Å². The third-order valence-corrected chi connectivity index (χ3v) is 2.65. The first-order valence-corrected chi connectivity index (χ1v) is 5.26. The summed E-state index contributed by atoms with van der Waals surface area (Å²) >= 11 is 0. The van der Waals surface area contributed by atoms with Gasteiger partial charge in [-0.2, -0.15) is 4.73 Å². The van der Waals surface area contributed by atoms with Crippen molar-refractivity contribution in [3.63, 3.8) is 0 Å². The van der Waals surface area contributed by atoms with Crippen LogP contribution in [0.4, 0.5) is 0 Å². The summed E-state index contributed by atoms with van der Waals surface area (Å²) < 4.78 is 5.84. The van der Waals surface area contributed by atoms with E-state index in [1.54, 1.807) is 30.0 Å². The molecule has 1 aromatic heterocycles. The molecule has 1 saturated heterocycles. The highest BCUT2D eigenvalue weighted by atomic mass is 16.5. The van der Waals surface area contributed by atoms with Crippen molar-refractivity contribution >= 4 is 5.91 Å². The predicted molar refractivity (Wildman–Crippen MR) is 56.9 cm³/mol. The van der Waals surface area contributed by atoms with Crippen molar-refractivity contribution in [1.82, 2.24) is 4.90 Å². The van der Waals surface area contributed by atoms with Crippen LogP contribution in [-0.4, -0.2) is 37.1 Å². The Morgan fingerprint density at radius 1 is 1.44 bits per heavy atom.